The molecule has 0 unspecified atom stereocenters. The van der Waals surface area contributed by atoms with Crippen LogP contribution >= 0.6 is 0 Å². The van der Waals surface area contributed by atoms with E-state index in [0.29, 0.717) is 12.1 Å². The molecule has 1 rings (SSSR count). The zero-order chi connectivity index (χ0) is 14.6. The first kappa shape index (κ1) is 17.3. The molecule has 0 bridgehead atoms. The Morgan fingerprint density at radius 3 is 2.45 bits per heavy atom. The van der Waals surface area contributed by atoms with Crippen molar-refractivity contribution < 1.29 is 4.74 Å². The van der Waals surface area contributed by atoms with Gasteiger partial charge < -0.3 is 15.4 Å². The molecule has 1 aliphatic rings. The van der Waals surface area contributed by atoms with Gasteiger partial charge in [0.05, 0.1) is 6.10 Å². The quantitative estimate of drug-likeness (QED) is 0.327. The number of hydrogen-bond donors (Lipinski definition) is 2. The van der Waals surface area contributed by atoms with Gasteiger partial charge in [-0.1, -0.05) is 25.7 Å². The maximum atomic E-state index is 5.99. The minimum Gasteiger partial charge on any atom is -0.378 e. The van der Waals surface area contributed by atoms with Crippen molar-refractivity contribution in [3.05, 3.63) is 0 Å². The van der Waals surface area contributed by atoms with Crippen LogP contribution in [-0.4, -0.2) is 38.3 Å². The van der Waals surface area contributed by atoms with Gasteiger partial charge in [-0.25, -0.2) is 0 Å². The van der Waals surface area contributed by atoms with Gasteiger partial charge in [0.25, 0.3) is 0 Å². The number of nitrogens with zero attached hydrogens (tertiary/aromatic N) is 1. The molecule has 4 heteroatoms. The fourth-order valence-corrected chi connectivity index (χ4v) is 2.56. The van der Waals surface area contributed by atoms with Crippen LogP contribution in [0.5, 0.6) is 0 Å². The maximum absolute atomic E-state index is 5.99. The predicted octanol–water partition coefficient (Wildman–Crippen LogP) is 3.08. The standard InChI is InChI=1S/C16H33N3O/c1-14(2)19-16(17-3)18-12-8-9-13-20-15-10-6-4-5-7-11-15/h14-15H,4-13H2,1-3H3,(H2,17,18,19). The summed E-state index contributed by atoms with van der Waals surface area (Å²) in [5, 5.41) is 6.62. The molecule has 0 saturated heterocycles. The Hall–Kier alpha value is -0.770. The zero-order valence-corrected chi connectivity index (χ0v) is 13.6. The number of aliphatic imine (C=N–C) groups is 1. The van der Waals surface area contributed by atoms with Gasteiger partial charge in [0.2, 0.25) is 0 Å². The van der Waals surface area contributed by atoms with Crippen LogP contribution in [0.2, 0.25) is 0 Å². The van der Waals surface area contributed by atoms with E-state index in [4.69, 9.17) is 4.74 Å². The van der Waals surface area contributed by atoms with Crippen molar-refractivity contribution in [2.45, 2.75) is 77.4 Å². The van der Waals surface area contributed by atoms with Gasteiger partial charge in [-0.05, 0) is 39.5 Å². The molecule has 1 saturated carbocycles. The smallest absolute Gasteiger partial charge is 0.191 e. The van der Waals surface area contributed by atoms with Gasteiger partial charge in [-0.15, -0.1) is 0 Å². The molecule has 0 aromatic heterocycles. The average Bonchev–Trinajstić information content (AvgIpc) is 2.69. The summed E-state index contributed by atoms with van der Waals surface area (Å²) >= 11 is 0. The third kappa shape index (κ3) is 8.41. The van der Waals surface area contributed by atoms with E-state index in [1.165, 1.54) is 38.5 Å². The van der Waals surface area contributed by atoms with Crippen molar-refractivity contribution in [1.82, 2.24) is 10.6 Å². The van der Waals surface area contributed by atoms with Crippen LogP contribution < -0.4 is 10.6 Å². The van der Waals surface area contributed by atoms with E-state index in [1.807, 2.05) is 7.05 Å². The Kier molecular flexibility index (Phi) is 9.46. The Morgan fingerprint density at radius 1 is 1.15 bits per heavy atom. The summed E-state index contributed by atoms with van der Waals surface area (Å²) in [5.74, 6) is 0.893. The number of rotatable bonds is 7. The molecule has 118 valence electrons. The minimum atomic E-state index is 0.416. The molecule has 0 atom stereocenters. The number of nitrogens with one attached hydrogen (secondary N) is 2. The molecule has 0 aromatic rings. The van der Waals surface area contributed by atoms with Gasteiger partial charge in [-0.3, -0.25) is 4.99 Å². The number of guanidine groups is 1. The van der Waals surface area contributed by atoms with Crippen molar-refractivity contribution in [1.29, 1.82) is 0 Å². The maximum Gasteiger partial charge on any atom is 0.191 e. The third-order valence-corrected chi connectivity index (χ3v) is 3.67. The van der Waals surface area contributed by atoms with Crippen LogP contribution in [0, 0.1) is 0 Å². The van der Waals surface area contributed by atoms with E-state index in [2.05, 4.69) is 29.5 Å². The van der Waals surface area contributed by atoms with Crippen molar-refractivity contribution >= 4 is 5.96 Å². The second kappa shape index (κ2) is 11.0. The summed E-state index contributed by atoms with van der Waals surface area (Å²) in [4.78, 5) is 4.19. The lowest BCUT2D eigenvalue weighted by atomic mass is 10.1. The first-order valence-electron chi connectivity index (χ1n) is 8.31. The molecule has 20 heavy (non-hydrogen) atoms. The van der Waals surface area contributed by atoms with Crippen LogP contribution in [0.1, 0.15) is 65.2 Å². The fourth-order valence-electron chi connectivity index (χ4n) is 2.56. The molecule has 0 heterocycles. The SMILES string of the molecule is CN=C(NCCCCOC1CCCCCC1)NC(C)C. The van der Waals surface area contributed by atoms with Crippen molar-refractivity contribution in [3.8, 4) is 0 Å². The third-order valence-electron chi connectivity index (χ3n) is 3.67. The van der Waals surface area contributed by atoms with Crippen LogP contribution in [0.25, 0.3) is 0 Å². The van der Waals surface area contributed by atoms with E-state index in [-0.39, 0.29) is 0 Å². The highest BCUT2D eigenvalue weighted by molar-refractivity contribution is 5.79. The van der Waals surface area contributed by atoms with E-state index in [9.17, 15) is 0 Å². The van der Waals surface area contributed by atoms with E-state index in [0.717, 1.165) is 32.0 Å². The normalized spacial score (nSPS) is 18.1. The zero-order valence-electron chi connectivity index (χ0n) is 13.6. The van der Waals surface area contributed by atoms with E-state index >= 15 is 0 Å². The van der Waals surface area contributed by atoms with Crippen LogP contribution in [-0.2, 0) is 4.74 Å². The van der Waals surface area contributed by atoms with Gasteiger partial charge in [0.1, 0.15) is 0 Å². The highest BCUT2D eigenvalue weighted by Gasteiger charge is 2.11. The van der Waals surface area contributed by atoms with Gasteiger partial charge >= 0.3 is 0 Å². The predicted molar refractivity (Wildman–Crippen MR) is 86.3 cm³/mol. The molecular formula is C16H33N3O. The van der Waals surface area contributed by atoms with Crippen molar-refractivity contribution in [3.63, 3.8) is 0 Å². The molecule has 4 nitrogen and oxygen atoms in total. The molecule has 1 aliphatic carbocycles. The molecule has 0 aromatic carbocycles. The first-order valence-corrected chi connectivity index (χ1v) is 8.31. The fraction of sp³-hybridized carbons (Fsp3) is 0.938. The summed E-state index contributed by atoms with van der Waals surface area (Å²) < 4.78 is 5.99. The Balaban J connectivity index is 1.98. The minimum absolute atomic E-state index is 0.416. The topological polar surface area (TPSA) is 45.7 Å². The first-order chi connectivity index (χ1) is 9.72. The number of hydrogen-bond acceptors (Lipinski definition) is 2. The molecule has 1 fully saturated rings. The molecule has 2 N–H and O–H groups in total. The van der Waals surface area contributed by atoms with E-state index < -0.39 is 0 Å². The summed E-state index contributed by atoms with van der Waals surface area (Å²) in [6.45, 7) is 6.10. The Bertz CT molecular complexity index is 258. The summed E-state index contributed by atoms with van der Waals surface area (Å²) in [7, 11) is 1.81. The molecule has 0 spiro atoms. The second-order valence-electron chi connectivity index (χ2n) is 5.99. The number of unbranched alkanes of at least 4 members (excludes halogenated alkanes) is 1. The van der Waals surface area contributed by atoms with Crippen molar-refractivity contribution in [2.75, 3.05) is 20.2 Å². The van der Waals surface area contributed by atoms with Crippen LogP contribution in [0.4, 0.5) is 0 Å². The van der Waals surface area contributed by atoms with Crippen LogP contribution in [0.3, 0.4) is 0 Å². The summed E-state index contributed by atoms with van der Waals surface area (Å²) in [6, 6.07) is 0.416. The van der Waals surface area contributed by atoms with Crippen LogP contribution in [0.15, 0.2) is 4.99 Å². The van der Waals surface area contributed by atoms with E-state index in [1.54, 1.807) is 0 Å². The van der Waals surface area contributed by atoms with Gasteiger partial charge in [0.15, 0.2) is 5.96 Å². The lowest BCUT2D eigenvalue weighted by molar-refractivity contribution is 0.0411. The lowest BCUT2D eigenvalue weighted by Gasteiger charge is -2.16. The highest BCUT2D eigenvalue weighted by atomic mass is 16.5. The summed E-state index contributed by atoms with van der Waals surface area (Å²) in [6.07, 6.45) is 10.8. The largest absolute Gasteiger partial charge is 0.378 e. The summed E-state index contributed by atoms with van der Waals surface area (Å²) in [5.41, 5.74) is 0. The Morgan fingerprint density at radius 2 is 1.85 bits per heavy atom. The van der Waals surface area contributed by atoms with Crippen molar-refractivity contribution in [2.24, 2.45) is 4.99 Å². The molecular weight excluding hydrogens is 250 g/mol. The number of ether oxygens (including phenoxy) is 1. The van der Waals surface area contributed by atoms with Gasteiger partial charge in [-0.2, -0.15) is 0 Å². The lowest BCUT2D eigenvalue weighted by Crippen LogP contribution is -2.41. The highest BCUT2D eigenvalue weighted by Crippen LogP contribution is 2.19. The second-order valence-corrected chi connectivity index (χ2v) is 5.99. The Labute approximate surface area is 124 Å². The molecule has 0 amide bonds. The average molecular weight is 283 g/mol. The monoisotopic (exact) mass is 283 g/mol. The molecule has 0 radical (unpaired) electrons. The van der Waals surface area contributed by atoms with Gasteiger partial charge in [0, 0.05) is 26.2 Å². The molecule has 0 aliphatic heterocycles.